The molecule has 1 atom stereocenters. The highest BCUT2D eigenvalue weighted by Gasteiger charge is 2.20. The molecular weight excluding hydrogens is 308 g/mol. The number of carbonyl (C=O) groups excluding carboxylic acids is 1. The van der Waals surface area contributed by atoms with Gasteiger partial charge in [-0.3, -0.25) is 4.79 Å². The Morgan fingerprint density at radius 1 is 1.29 bits per heavy atom. The smallest absolute Gasteiger partial charge is 0.253 e. The average molecular weight is 330 g/mol. The molecule has 1 amide bonds. The second-order valence-electron chi connectivity index (χ2n) is 6.43. The number of pyridine rings is 1. The molecule has 2 aliphatic rings. The zero-order chi connectivity index (χ0) is 16.4. The van der Waals surface area contributed by atoms with Gasteiger partial charge in [0.2, 0.25) is 0 Å². The zero-order valence-corrected chi connectivity index (χ0v) is 13.6. The molecule has 4 rings (SSSR count). The Hall–Kier alpha value is -1.99. The van der Waals surface area contributed by atoms with Gasteiger partial charge in [0.25, 0.3) is 5.91 Å². The van der Waals surface area contributed by atoms with Gasteiger partial charge in [-0.1, -0.05) is 12.8 Å². The Bertz CT molecular complexity index is 718. The van der Waals surface area contributed by atoms with E-state index in [1.165, 1.54) is 25.7 Å². The SMILES string of the molecule is O=C(NCC1COCCO1)c1cnc2c(c1)ncn2C1CCCC1. The normalized spacial score (nSPS) is 22.1. The van der Waals surface area contributed by atoms with Crippen LogP contribution in [0, 0.1) is 0 Å². The van der Waals surface area contributed by atoms with E-state index in [2.05, 4.69) is 19.9 Å². The van der Waals surface area contributed by atoms with Gasteiger partial charge in [0.05, 0.1) is 37.8 Å². The molecule has 7 nitrogen and oxygen atoms in total. The van der Waals surface area contributed by atoms with Gasteiger partial charge in [-0.25, -0.2) is 9.97 Å². The first-order valence-corrected chi connectivity index (χ1v) is 8.61. The van der Waals surface area contributed by atoms with Crippen molar-refractivity contribution in [2.24, 2.45) is 0 Å². The van der Waals surface area contributed by atoms with Crippen LogP contribution in [0.2, 0.25) is 0 Å². The van der Waals surface area contributed by atoms with Gasteiger partial charge >= 0.3 is 0 Å². The number of carbonyl (C=O) groups is 1. The van der Waals surface area contributed by atoms with Gasteiger partial charge in [0.1, 0.15) is 5.52 Å². The molecule has 1 aliphatic carbocycles. The maximum absolute atomic E-state index is 12.3. The first kappa shape index (κ1) is 15.5. The van der Waals surface area contributed by atoms with Crippen LogP contribution < -0.4 is 5.32 Å². The van der Waals surface area contributed by atoms with Crippen molar-refractivity contribution in [2.75, 3.05) is 26.4 Å². The minimum absolute atomic E-state index is 0.0824. The number of nitrogens with zero attached hydrogens (tertiary/aromatic N) is 3. The van der Waals surface area contributed by atoms with Gasteiger partial charge in [0.15, 0.2) is 5.65 Å². The standard InChI is InChI=1S/C17H22N4O3/c22-17(19-9-14-10-23-5-6-24-14)12-7-15-16(18-8-12)21(11-20-15)13-3-1-2-4-13/h7-8,11,13-14H,1-6,9-10H2,(H,19,22). The molecule has 1 unspecified atom stereocenters. The molecule has 7 heteroatoms. The Balaban J connectivity index is 1.45. The third-order valence-electron chi connectivity index (χ3n) is 4.77. The van der Waals surface area contributed by atoms with E-state index in [9.17, 15) is 4.79 Å². The summed E-state index contributed by atoms with van der Waals surface area (Å²) in [5, 5.41) is 2.88. The van der Waals surface area contributed by atoms with Crippen molar-refractivity contribution < 1.29 is 14.3 Å². The summed E-state index contributed by atoms with van der Waals surface area (Å²) >= 11 is 0. The summed E-state index contributed by atoms with van der Waals surface area (Å²) < 4.78 is 13.0. The molecule has 0 spiro atoms. The van der Waals surface area contributed by atoms with E-state index in [4.69, 9.17) is 9.47 Å². The minimum atomic E-state index is -0.158. The second kappa shape index (κ2) is 6.86. The highest BCUT2D eigenvalue weighted by Crippen LogP contribution is 2.31. The van der Waals surface area contributed by atoms with Crippen molar-refractivity contribution in [2.45, 2.75) is 37.8 Å². The number of imidazole rings is 1. The predicted octanol–water partition coefficient (Wildman–Crippen LogP) is 1.69. The lowest BCUT2D eigenvalue weighted by molar-refractivity contribution is -0.0855. The van der Waals surface area contributed by atoms with Crippen LogP contribution in [0.15, 0.2) is 18.6 Å². The first-order valence-electron chi connectivity index (χ1n) is 8.61. The lowest BCUT2D eigenvalue weighted by atomic mass is 10.2. The van der Waals surface area contributed by atoms with Crippen molar-refractivity contribution >= 4 is 17.1 Å². The first-order chi connectivity index (χ1) is 11.8. The molecule has 0 radical (unpaired) electrons. The molecule has 2 fully saturated rings. The van der Waals surface area contributed by atoms with Crippen LogP contribution in [0.3, 0.4) is 0 Å². The van der Waals surface area contributed by atoms with Crippen LogP contribution in [0.5, 0.6) is 0 Å². The van der Waals surface area contributed by atoms with Crippen molar-refractivity contribution in [1.82, 2.24) is 19.9 Å². The van der Waals surface area contributed by atoms with Gasteiger partial charge in [-0.15, -0.1) is 0 Å². The number of aromatic nitrogens is 3. The van der Waals surface area contributed by atoms with Crippen LogP contribution >= 0.6 is 0 Å². The van der Waals surface area contributed by atoms with E-state index in [-0.39, 0.29) is 12.0 Å². The molecular formula is C17H22N4O3. The number of amides is 1. The monoisotopic (exact) mass is 330 g/mol. The Labute approximate surface area is 140 Å². The van der Waals surface area contributed by atoms with Crippen LogP contribution in [0.4, 0.5) is 0 Å². The molecule has 1 N–H and O–H groups in total. The molecule has 2 aromatic heterocycles. The van der Waals surface area contributed by atoms with Gasteiger partial charge in [0, 0.05) is 18.8 Å². The molecule has 128 valence electrons. The summed E-state index contributed by atoms with van der Waals surface area (Å²) in [6.07, 6.45) is 8.28. The fourth-order valence-corrected chi connectivity index (χ4v) is 3.46. The number of rotatable bonds is 4. The maximum Gasteiger partial charge on any atom is 0.253 e. The second-order valence-corrected chi connectivity index (χ2v) is 6.43. The van der Waals surface area contributed by atoms with Crippen molar-refractivity contribution in [3.05, 3.63) is 24.2 Å². The third kappa shape index (κ3) is 3.14. The molecule has 3 heterocycles. The van der Waals surface area contributed by atoms with E-state index >= 15 is 0 Å². The Morgan fingerprint density at radius 2 is 2.17 bits per heavy atom. The third-order valence-corrected chi connectivity index (χ3v) is 4.77. The summed E-state index contributed by atoms with van der Waals surface area (Å²) in [4.78, 5) is 21.2. The molecule has 1 aliphatic heterocycles. The summed E-state index contributed by atoms with van der Waals surface area (Å²) in [5.74, 6) is -0.158. The van der Waals surface area contributed by atoms with E-state index < -0.39 is 0 Å². The minimum Gasteiger partial charge on any atom is -0.376 e. The van der Waals surface area contributed by atoms with E-state index in [1.807, 2.05) is 6.33 Å². The molecule has 0 aromatic carbocycles. The Morgan fingerprint density at radius 3 is 2.96 bits per heavy atom. The summed E-state index contributed by atoms with van der Waals surface area (Å²) in [7, 11) is 0. The van der Waals surface area contributed by atoms with E-state index in [0.29, 0.717) is 38.0 Å². The summed E-state index contributed by atoms with van der Waals surface area (Å²) in [6, 6.07) is 2.30. The number of ether oxygens (including phenoxy) is 2. The van der Waals surface area contributed by atoms with E-state index in [1.54, 1.807) is 12.3 Å². The summed E-state index contributed by atoms with van der Waals surface area (Å²) in [5.41, 5.74) is 2.16. The van der Waals surface area contributed by atoms with E-state index in [0.717, 1.165) is 11.2 Å². The number of fused-ring (bicyclic) bond motifs is 1. The van der Waals surface area contributed by atoms with Gasteiger partial charge in [-0.05, 0) is 18.9 Å². The van der Waals surface area contributed by atoms with Crippen LogP contribution in [0.25, 0.3) is 11.2 Å². The lowest BCUT2D eigenvalue weighted by Gasteiger charge is -2.23. The predicted molar refractivity (Wildman–Crippen MR) is 87.9 cm³/mol. The molecule has 1 saturated heterocycles. The van der Waals surface area contributed by atoms with Crippen molar-refractivity contribution in [3.63, 3.8) is 0 Å². The molecule has 0 bridgehead atoms. The molecule has 2 aromatic rings. The van der Waals surface area contributed by atoms with Gasteiger partial charge < -0.3 is 19.4 Å². The quantitative estimate of drug-likeness (QED) is 0.923. The number of hydrogen-bond donors (Lipinski definition) is 1. The number of nitrogens with one attached hydrogen (secondary N) is 1. The summed E-state index contributed by atoms with van der Waals surface area (Å²) in [6.45, 7) is 2.15. The van der Waals surface area contributed by atoms with Crippen LogP contribution in [0.1, 0.15) is 42.1 Å². The fourth-order valence-electron chi connectivity index (χ4n) is 3.46. The van der Waals surface area contributed by atoms with Crippen molar-refractivity contribution in [1.29, 1.82) is 0 Å². The van der Waals surface area contributed by atoms with Crippen LogP contribution in [-0.4, -0.2) is 52.9 Å². The molecule has 24 heavy (non-hydrogen) atoms. The van der Waals surface area contributed by atoms with Crippen LogP contribution in [-0.2, 0) is 9.47 Å². The topological polar surface area (TPSA) is 78.3 Å². The largest absolute Gasteiger partial charge is 0.376 e. The number of hydrogen-bond acceptors (Lipinski definition) is 5. The highest BCUT2D eigenvalue weighted by atomic mass is 16.6. The van der Waals surface area contributed by atoms with Gasteiger partial charge in [-0.2, -0.15) is 0 Å². The van der Waals surface area contributed by atoms with Crippen molar-refractivity contribution in [3.8, 4) is 0 Å². The molecule has 1 saturated carbocycles. The Kier molecular flexibility index (Phi) is 4.44. The lowest BCUT2D eigenvalue weighted by Crippen LogP contribution is -2.39. The highest BCUT2D eigenvalue weighted by molar-refractivity contribution is 5.96. The fraction of sp³-hybridized carbons (Fsp3) is 0.588. The maximum atomic E-state index is 12.3. The zero-order valence-electron chi connectivity index (χ0n) is 13.6. The average Bonchev–Trinajstić information content (AvgIpc) is 3.29.